The Balaban J connectivity index is 1.04. The highest BCUT2D eigenvalue weighted by atomic mass is 15.2. The number of anilines is 2. The van der Waals surface area contributed by atoms with Crippen LogP contribution in [0.5, 0.6) is 0 Å². The maximum absolute atomic E-state index is 2.55. The summed E-state index contributed by atoms with van der Waals surface area (Å²) in [6.07, 6.45) is 22.0. The zero-order valence-electron chi connectivity index (χ0n) is 30.0. The van der Waals surface area contributed by atoms with E-state index in [2.05, 4.69) is 200 Å². The third kappa shape index (κ3) is 4.78. The summed E-state index contributed by atoms with van der Waals surface area (Å²) in [6, 6.07) is 43.3. The largest absolute Gasteiger partial charge is 0.333 e. The standard InChI is InChI=1S/C50H42N2/c1-33-12-10-15-36(30-33)34-22-26-39(27-23-34)51-45-19-8-5-16-40(45)42-31-37(24-28-47(42)51)38-25-29-48-43(32-38)41-17-6-9-20-46(41)52(48)49-21-11-14-35-13-4-7-18-44(35)50(49,2)3/h4-24,26-32,38,40,45H,25H2,1-3H3. The van der Waals surface area contributed by atoms with Crippen LogP contribution in [0.1, 0.15) is 59.9 Å². The van der Waals surface area contributed by atoms with Crippen LogP contribution in [0.15, 0.2) is 152 Å². The van der Waals surface area contributed by atoms with Gasteiger partial charge < -0.3 is 9.47 Å². The number of rotatable bonds is 4. The monoisotopic (exact) mass is 670 g/mol. The van der Waals surface area contributed by atoms with Gasteiger partial charge in [-0.15, -0.1) is 0 Å². The average molecular weight is 671 g/mol. The molecule has 2 nitrogen and oxygen atoms in total. The van der Waals surface area contributed by atoms with Gasteiger partial charge in [-0.05, 0) is 77.1 Å². The minimum absolute atomic E-state index is 0.175. The highest BCUT2D eigenvalue weighted by Gasteiger charge is 2.38. The van der Waals surface area contributed by atoms with Crippen LogP contribution in [-0.4, -0.2) is 10.6 Å². The summed E-state index contributed by atoms with van der Waals surface area (Å²) >= 11 is 0. The first kappa shape index (κ1) is 30.9. The zero-order chi connectivity index (χ0) is 35.0. The topological polar surface area (TPSA) is 8.17 Å². The SMILES string of the molecule is Cc1cccc(-c2ccc(N3c4ccc(C5C=c6c(n(C7=CC=Cc8ccccc8C7(C)C)c7ccccc67)=CC5)cc4C4C=CC=CC43)cc2)c1. The number of aryl methyl sites for hydroxylation is 1. The Labute approximate surface area is 306 Å². The Hall–Kier alpha value is -5.86. The van der Waals surface area contributed by atoms with Gasteiger partial charge in [0.2, 0.25) is 0 Å². The van der Waals surface area contributed by atoms with Crippen molar-refractivity contribution >= 4 is 46.2 Å². The molecule has 1 aliphatic heterocycles. The molecule has 0 amide bonds. The molecule has 2 heteroatoms. The lowest BCUT2D eigenvalue weighted by atomic mass is 9.79. The van der Waals surface area contributed by atoms with Crippen LogP contribution in [0.25, 0.3) is 46.0 Å². The van der Waals surface area contributed by atoms with Crippen LogP contribution in [0.4, 0.5) is 11.4 Å². The smallest absolute Gasteiger partial charge is 0.0629 e. The van der Waals surface area contributed by atoms with Gasteiger partial charge in [0.25, 0.3) is 0 Å². The Morgan fingerprint density at radius 3 is 2.44 bits per heavy atom. The van der Waals surface area contributed by atoms with Gasteiger partial charge in [0, 0.05) is 50.3 Å². The van der Waals surface area contributed by atoms with E-state index in [4.69, 9.17) is 0 Å². The second-order valence-corrected chi connectivity index (χ2v) is 15.4. The minimum atomic E-state index is -0.175. The number of nitrogens with zero attached hydrogens (tertiary/aromatic N) is 2. The summed E-state index contributed by atoms with van der Waals surface area (Å²) in [4.78, 5) is 2.54. The number of allylic oxidation sites excluding steroid dienone is 5. The lowest BCUT2D eigenvalue weighted by molar-refractivity contribution is 0.655. The van der Waals surface area contributed by atoms with Crippen molar-refractivity contribution in [3.63, 3.8) is 0 Å². The number of benzene rings is 5. The van der Waals surface area contributed by atoms with E-state index in [0.717, 1.165) is 6.42 Å². The molecule has 52 heavy (non-hydrogen) atoms. The summed E-state index contributed by atoms with van der Waals surface area (Å²) in [7, 11) is 0. The van der Waals surface area contributed by atoms with Crippen LogP contribution in [0.2, 0.25) is 0 Å². The van der Waals surface area contributed by atoms with Crippen LogP contribution < -0.4 is 15.5 Å². The molecular weight excluding hydrogens is 629 g/mol. The number of para-hydroxylation sites is 1. The Bertz CT molecular complexity index is 2660. The molecule has 0 saturated carbocycles. The first-order valence-electron chi connectivity index (χ1n) is 18.7. The van der Waals surface area contributed by atoms with E-state index in [1.165, 1.54) is 77.5 Å². The number of hydrogen-bond donors (Lipinski definition) is 0. The molecular formula is C50H42N2. The lowest BCUT2D eigenvalue weighted by Gasteiger charge is -2.31. The van der Waals surface area contributed by atoms with E-state index in [1.807, 2.05) is 0 Å². The third-order valence-corrected chi connectivity index (χ3v) is 11.9. The maximum atomic E-state index is 2.55. The predicted molar refractivity (Wildman–Crippen MR) is 220 cm³/mol. The Kier molecular flexibility index (Phi) is 7.05. The van der Waals surface area contributed by atoms with Gasteiger partial charge in [-0.3, -0.25) is 0 Å². The molecule has 3 atom stereocenters. The first-order chi connectivity index (χ1) is 25.5. The van der Waals surface area contributed by atoms with Crippen LogP contribution in [0, 0.1) is 6.92 Å². The molecule has 5 aromatic carbocycles. The summed E-state index contributed by atoms with van der Waals surface area (Å²) in [5.74, 6) is 0.625. The number of aromatic nitrogens is 1. The second-order valence-electron chi connectivity index (χ2n) is 15.4. The van der Waals surface area contributed by atoms with Gasteiger partial charge in [0.05, 0.1) is 11.6 Å². The molecule has 2 heterocycles. The molecule has 1 aromatic heterocycles. The van der Waals surface area contributed by atoms with Crippen LogP contribution in [-0.2, 0) is 5.41 Å². The highest BCUT2D eigenvalue weighted by Crippen LogP contribution is 2.49. The maximum Gasteiger partial charge on any atom is 0.0629 e. The van der Waals surface area contributed by atoms with Crippen molar-refractivity contribution in [1.29, 1.82) is 0 Å². The molecule has 3 unspecified atom stereocenters. The van der Waals surface area contributed by atoms with E-state index < -0.39 is 0 Å². The van der Waals surface area contributed by atoms with Crippen molar-refractivity contribution in [2.75, 3.05) is 4.90 Å². The quantitative estimate of drug-likeness (QED) is 0.181. The molecule has 0 radical (unpaired) electrons. The molecule has 0 bridgehead atoms. The third-order valence-electron chi connectivity index (χ3n) is 11.9. The molecule has 6 aromatic rings. The molecule has 252 valence electrons. The van der Waals surface area contributed by atoms with E-state index in [9.17, 15) is 0 Å². The van der Waals surface area contributed by atoms with Crippen LogP contribution >= 0.6 is 0 Å². The Morgan fingerprint density at radius 1 is 0.731 bits per heavy atom. The number of fused-ring (bicyclic) bond motifs is 7. The van der Waals surface area contributed by atoms with Crippen molar-refractivity contribution in [3.8, 4) is 11.1 Å². The molecule has 10 rings (SSSR count). The first-order valence-corrected chi connectivity index (χ1v) is 18.7. The van der Waals surface area contributed by atoms with E-state index in [0.29, 0.717) is 11.8 Å². The van der Waals surface area contributed by atoms with Crippen molar-refractivity contribution in [2.24, 2.45) is 0 Å². The van der Waals surface area contributed by atoms with E-state index in [1.54, 1.807) is 0 Å². The highest BCUT2D eigenvalue weighted by molar-refractivity contribution is 5.88. The fourth-order valence-corrected chi connectivity index (χ4v) is 9.35. The van der Waals surface area contributed by atoms with Crippen molar-refractivity contribution < 1.29 is 0 Å². The average Bonchev–Trinajstić information content (AvgIpc) is 3.64. The fourth-order valence-electron chi connectivity index (χ4n) is 9.35. The summed E-state index contributed by atoms with van der Waals surface area (Å²) in [6.45, 7) is 6.90. The van der Waals surface area contributed by atoms with Gasteiger partial charge in [-0.1, -0.05) is 159 Å². The normalized spacial score (nSPS) is 20.6. The summed E-state index contributed by atoms with van der Waals surface area (Å²) in [5.41, 5.74) is 14.2. The van der Waals surface area contributed by atoms with Gasteiger partial charge in [-0.25, -0.2) is 0 Å². The molecule has 3 aliphatic carbocycles. The summed E-state index contributed by atoms with van der Waals surface area (Å²) < 4.78 is 2.54. The van der Waals surface area contributed by atoms with Gasteiger partial charge >= 0.3 is 0 Å². The van der Waals surface area contributed by atoms with Crippen LogP contribution in [0.3, 0.4) is 0 Å². The lowest BCUT2D eigenvalue weighted by Crippen LogP contribution is -2.36. The van der Waals surface area contributed by atoms with E-state index >= 15 is 0 Å². The molecule has 0 N–H and O–H groups in total. The second kappa shape index (κ2) is 11.9. The fraction of sp³-hybridized carbons (Fsp3) is 0.160. The molecule has 0 fully saturated rings. The van der Waals surface area contributed by atoms with Crippen molar-refractivity contribution in [3.05, 3.63) is 190 Å². The zero-order valence-corrected chi connectivity index (χ0v) is 30.0. The predicted octanol–water partition coefficient (Wildman–Crippen LogP) is 10.9. The molecule has 4 aliphatic rings. The molecule has 0 saturated heterocycles. The van der Waals surface area contributed by atoms with Gasteiger partial charge in [-0.2, -0.15) is 0 Å². The molecule has 0 spiro atoms. The van der Waals surface area contributed by atoms with Gasteiger partial charge in [0.1, 0.15) is 0 Å². The van der Waals surface area contributed by atoms with Crippen molar-refractivity contribution in [1.82, 2.24) is 4.57 Å². The Morgan fingerprint density at radius 2 is 1.56 bits per heavy atom. The van der Waals surface area contributed by atoms with Gasteiger partial charge in [0.15, 0.2) is 0 Å². The summed E-state index contributed by atoms with van der Waals surface area (Å²) in [5, 5.41) is 3.98. The van der Waals surface area contributed by atoms with E-state index in [-0.39, 0.29) is 11.5 Å². The van der Waals surface area contributed by atoms with Crippen molar-refractivity contribution in [2.45, 2.75) is 50.5 Å². The minimum Gasteiger partial charge on any atom is -0.333 e. The number of hydrogen-bond acceptors (Lipinski definition) is 1.